The van der Waals surface area contributed by atoms with E-state index in [1.54, 1.807) is 18.5 Å². The van der Waals surface area contributed by atoms with E-state index in [1.807, 2.05) is 0 Å². The van der Waals surface area contributed by atoms with Gasteiger partial charge in [0.1, 0.15) is 6.29 Å². The van der Waals surface area contributed by atoms with Crippen molar-refractivity contribution in [3.05, 3.63) is 52.3 Å². The SMILES string of the molecule is O=Cc1ccc(Sc2ncccn2)c([N+](=O)[O-])c1. The van der Waals surface area contributed by atoms with Gasteiger partial charge in [0.05, 0.1) is 9.82 Å². The number of nitrogens with zero attached hydrogens (tertiary/aromatic N) is 3. The molecule has 6 nitrogen and oxygen atoms in total. The Hall–Kier alpha value is -2.28. The molecule has 0 spiro atoms. The number of nitro groups is 1. The average Bonchev–Trinajstić information content (AvgIpc) is 2.40. The van der Waals surface area contributed by atoms with E-state index in [0.717, 1.165) is 11.8 Å². The first-order valence-corrected chi connectivity index (χ1v) is 5.71. The molecule has 0 radical (unpaired) electrons. The number of benzene rings is 1. The zero-order valence-corrected chi connectivity index (χ0v) is 9.83. The Bertz CT molecular complexity index is 589. The lowest BCUT2D eigenvalue weighted by Gasteiger charge is -2.01. The zero-order chi connectivity index (χ0) is 13.0. The van der Waals surface area contributed by atoms with Gasteiger partial charge in [0.2, 0.25) is 0 Å². The van der Waals surface area contributed by atoms with Crippen LogP contribution in [0.3, 0.4) is 0 Å². The third-order valence-electron chi connectivity index (χ3n) is 2.06. The second kappa shape index (κ2) is 5.37. The molecule has 0 aliphatic carbocycles. The number of nitro benzene ring substituents is 1. The van der Waals surface area contributed by atoms with E-state index in [4.69, 9.17) is 0 Å². The minimum Gasteiger partial charge on any atom is -0.298 e. The van der Waals surface area contributed by atoms with E-state index < -0.39 is 4.92 Å². The molecule has 0 unspecified atom stereocenters. The molecule has 0 fully saturated rings. The highest BCUT2D eigenvalue weighted by Crippen LogP contribution is 2.33. The van der Waals surface area contributed by atoms with Crippen LogP contribution in [0.4, 0.5) is 5.69 Å². The number of aromatic nitrogens is 2. The molecular weight excluding hydrogens is 254 g/mol. The van der Waals surface area contributed by atoms with Crippen LogP contribution in [0.25, 0.3) is 0 Å². The topological polar surface area (TPSA) is 86.0 Å². The lowest BCUT2D eigenvalue weighted by molar-refractivity contribution is -0.387. The van der Waals surface area contributed by atoms with Crippen molar-refractivity contribution in [1.82, 2.24) is 9.97 Å². The largest absolute Gasteiger partial charge is 0.298 e. The maximum Gasteiger partial charge on any atom is 0.284 e. The van der Waals surface area contributed by atoms with Crippen LogP contribution >= 0.6 is 11.8 Å². The van der Waals surface area contributed by atoms with E-state index in [2.05, 4.69) is 9.97 Å². The molecule has 0 N–H and O–H groups in total. The number of carbonyl (C=O) groups is 1. The summed E-state index contributed by atoms with van der Waals surface area (Å²) < 4.78 is 0. The fourth-order valence-corrected chi connectivity index (χ4v) is 2.07. The summed E-state index contributed by atoms with van der Waals surface area (Å²) in [6.07, 6.45) is 3.68. The van der Waals surface area contributed by atoms with Gasteiger partial charge in [0.25, 0.3) is 5.69 Å². The Morgan fingerprint density at radius 3 is 2.61 bits per heavy atom. The van der Waals surface area contributed by atoms with Crippen LogP contribution in [0.1, 0.15) is 10.4 Å². The van der Waals surface area contributed by atoms with Gasteiger partial charge in [-0.3, -0.25) is 14.9 Å². The van der Waals surface area contributed by atoms with Crippen LogP contribution in [0.2, 0.25) is 0 Å². The predicted molar refractivity (Wildman–Crippen MR) is 64.6 cm³/mol. The Labute approximate surface area is 106 Å². The summed E-state index contributed by atoms with van der Waals surface area (Å²) in [5, 5.41) is 11.3. The van der Waals surface area contributed by atoms with E-state index >= 15 is 0 Å². The quantitative estimate of drug-likeness (QED) is 0.363. The number of hydrogen-bond acceptors (Lipinski definition) is 6. The van der Waals surface area contributed by atoms with Gasteiger partial charge >= 0.3 is 0 Å². The van der Waals surface area contributed by atoms with Crippen LogP contribution in [0.5, 0.6) is 0 Å². The molecule has 1 aromatic carbocycles. The summed E-state index contributed by atoms with van der Waals surface area (Å²) in [7, 11) is 0. The van der Waals surface area contributed by atoms with E-state index in [-0.39, 0.29) is 11.3 Å². The van der Waals surface area contributed by atoms with E-state index in [1.165, 1.54) is 18.2 Å². The third-order valence-corrected chi connectivity index (χ3v) is 3.02. The maximum atomic E-state index is 10.9. The molecule has 2 rings (SSSR count). The van der Waals surface area contributed by atoms with Gasteiger partial charge < -0.3 is 0 Å². The first-order valence-electron chi connectivity index (χ1n) is 4.89. The van der Waals surface area contributed by atoms with Crippen molar-refractivity contribution in [3.63, 3.8) is 0 Å². The molecule has 0 bridgehead atoms. The normalized spacial score (nSPS) is 10.0. The fraction of sp³-hybridized carbons (Fsp3) is 0. The number of aldehydes is 1. The Morgan fingerprint density at radius 2 is 2.00 bits per heavy atom. The molecule has 90 valence electrons. The summed E-state index contributed by atoms with van der Waals surface area (Å²) >= 11 is 1.08. The maximum absolute atomic E-state index is 10.9. The molecule has 1 heterocycles. The molecule has 0 atom stereocenters. The second-order valence-electron chi connectivity index (χ2n) is 3.24. The Balaban J connectivity index is 2.38. The van der Waals surface area contributed by atoms with Crippen LogP contribution in [-0.2, 0) is 0 Å². The van der Waals surface area contributed by atoms with Crippen LogP contribution in [0.15, 0.2) is 46.7 Å². The molecule has 0 aliphatic heterocycles. The zero-order valence-electron chi connectivity index (χ0n) is 9.02. The highest BCUT2D eigenvalue weighted by molar-refractivity contribution is 7.99. The molecule has 0 saturated heterocycles. The van der Waals surface area contributed by atoms with Gasteiger partial charge in [-0.15, -0.1) is 0 Å². The smallest absolute Gasteiger partial charge is 0.284 e. The van der Waals surface area contributed by atoms with Crippen LogP contribution in [0, 0.1) is 10.1 Å². The van der Waals surface area contributed by atoms with Gasteiger partial charge in [0, 0.05) is 24.0 Å². The number of hydrogen-bond donors (Lipinski definition) is 0. The molecule has 7 heteroatoms. The van der Waals surface area contributed by atoms with Gasteiger partial charge in [-0.05, 0) is 23.9 Å². The molecule has 1 aromatic heterocycles. The van der Waals surface area contributed by atoms with Crippen LogP contribution < -0.4 is 0 Å². The minimum atomic E-state index is -0.529. The highest BCUT2D eigenvalue weighted by atomic mass is 32.2. The van der Waals surface area contributed by atoms with Crippen molar-refractivity contribution >= 4 is 23.7 Å². The van der Waals surface area contributed by atoms with Crippen molar-refractivity contribution < 1.29 is 9.72 Å². The molecule has 2 aromatic rings. The van der Waals surface area contributed by atoms with E-state index in [0.29, 0.717) is 16.3 Å². The van der Waals surface area contributed by atoms with Gasteiger partial charge in [-0.1, -0.05) is 6.07 Å². The first-order chi connectivity index (χ1) is 8.70. The van der Waals surface area contributed by atoms with E-state index in [9.17, 15) is 14.9 Å². The lowest BCUT2D eigenvalue weighted by atomic mass is 10.2. The van der Waals surface area contributed by atoms with Crippen molar-refractivity contribution in [3.8, 4) is 0 Å². The summed E-state index contributed by atoms with van der Waals surface area (Å²) in [6.45, 7) is 0. The molecule has 18 heavy (non-hydrogen) atoms. The first kappa shape index (κ1) is 12.2. The predicted octanol–water partition coefficient (Wildman–Crippen LogP) is 2.35. The summed E-state index contributed by atoms with van der Waals surface area (Å²) in [6, 6.07) is 5.93. The monoisotopic (exact) mass is 261 g/mol. The molecule has 0 aliphatic rings. The molecular formula is C11H7N3O3S. The number of rotatable bonds is 4. The highest BCUT2D eigenvalue weighted by Gasteiger charge is 2.16. The second-order valence-corrected chi connectivity index (χ2v) is 4.24. The summed E-state index contributed by atoms with van der Waals surface area (Å²) in [5.74, 6) is 0. The lowest BCUT2D eigenvalue weighted by Crippen LogP contribution is -1.93. The molecule has 0 saturated carbocycles. The molecule has 0 amide bonds. The van der Waals surface area contributed by atoms with Crippen molar-refractivity contribution in [2.75, 3.05) is 0 Å². The van der Waals surface area contributed by atoms with Gasteiger partial charge in [0.15, 0.2) is 5.16 Å². The van der Waals surface area contributed by atoms with Gasteiger partial charge in [-0.2, -0.15) is 0 Å². The van der Waals surface area contributed by atoms with Crippen molar-refractivity contribution in [2.45, 2.75) is 10.1 Å². The average molecular weight is 261 g/mol. The summed E-state index contributed by atoms with van der Waals surface area (Å²) in [4.78, 5) is 29.3. The standard InChI is InChI=1S/C11H7N3O3S/c15-7-8-2-3-10(9(6-8)14(16)17)18-11-12-4-1-5-13-11/h1-7H. The summed E-state index contributed by atoms with van der Waals surface area (Å²) in [5.41, 5.74) is 0.136. The third kappa shape index (κ3) is 2.69. The van der Waals surface area contributed by atoms with Crippen molar-refractivity contribution in [1.29, 1.82) is 0 Å². The number of carbonyl (C=O) groups excluding carboxylic acids is 1. The minimum absolute atomic E-state index is 0.128. The Morgan fingerprint density at radius 1 is 1.28 bits per heavy atom. The van der Waals surface area contributed by atoms with Crippen LogP contribution in [-0.4, -0.2) is 21.2 Å². The fourth-order valence-electron chi connectivity index (χ4n) is 1.27. The van der Waals surface area contributed by atoms with Crippen molar-refractivity contribution in [2.24, 2.45) is 0 Å². The Kier molecular flexibility index (Phi) is 3.63. The van der Waals surface area contributed by atoms with Gasteiger partial charge in [-0.25, -0.2) is 9.97 Å².